The molecule has 0 bridgehead atoms. The molecule has 1 aromatic heterocycles. The van der Waals surface area contributed by atoms with E-state index in [9.17, 15) is 19.2 Å². The van der Waals surface area contributed by atoms with E-state index >= 15 is 0 Å². The van der Waals surface area contributed by atoms with E-state index in [0.717, 1.165) is 29.1 Å². The van der Waals surface area contributed by atoms with Crippen LogP contribution >= 0.6 is 0 Å². The Labute approximate surface area is 174 Å². The lowest BCUT2D eigenvalue weighted by Crippen LogP contribution is -2.37. The largest absolute Gasteiger partial charge is 0.492 e. The van der Waals surface area contributed by atoms with Crippen LogP contribution in [-0.4, -0.2) is 46.2 Å². The summed E-state index contributed by atoms with van der Waals surface area (Å²) in [7, 11) is 0. The van der Waals surface area contributed by atoms with Crippen LogP contribution in [0.2, 0.25) is 0 Å². The monoisotopic (exact) mass is 409 g/mol. The summed E-state index contributed by atoms with van der Waals surface area (Å²) in [4.78, 5) is 52.4. The molecule has 2 fully saturated rings. The number of aromatic nitrogens is 1. The molecule has 1 saturated heterocycles. The molecule has 0 radical (unpaired) electrons. The summed E-state index contributed by atoms with van der Waals surface area (Å²) in [6.07, 6.45) is 2.16. The van der Waals surface area contributed by atoms with Gasteiger partial charge in [-0.2, -0.15) is 0 Å². The average Bonchev–Trinajstić information content (AvgIpc) is 3.47. The van der Waals surface area contributed by atoms with Crippen molar-refractivity contribution < 1.29 is 23.9 Å². The lowest BCUT2D eigenvalue weighted by Gasteiger charge is -2.18. The third kappa shape index (κ3) is 3.18. The predicted octanol–water partition coefficient (Wildman–Crippen LogP) is 3.02. The fraction of sp³-hybridized carbons (Fsp3) is 0.364. The fourth-order valence-electron chi connectivity index (χ4n) is 3.96. The molecule has 1 saturated carbocycles. The second-order valence-electron chi connectivity index (χ2n) is 7.52. The van der Waals surface area contributed by atoms with Crippen LogP contribution < -0.4 is 9.64 Å². The molecule has 8 nitrogen and oxygen atoms in total. The molecule has 4 rings (SSSR count). The van der Waals surface area contributed by atoms with Gasteiger partial charge in [-0.1, -0.05) is 12.1 Å². The summed E-state index contributed by atoms with van der Waals surface area (Å²) in [5.41, 5.74) is 2.45. The molecule has 0 atom stereocenters. The van der Waals surface area contributed by atoms with Crippen molar-refractivity contribution in [3.05, 3.63) is 47.3 Å². The van der Waals surface area contributed by atoms with E-state index in [4.69, 9.17) is 4.74 Å². The first-order valence-electron chi connectivity index (χ1n) is 9.98. The Morgan fingerprint density at radius 3 is 2.47 bits per heavy atom. The molecule has 2 heterocycles. The molecular weight excluding hydrogens is 386 g/mol. The molecule has 2 aromatic rings. The Kier molecular flexibility index (Phi) is 4.93. The zero-order valence-corrected chi connectivity index (χ0v) is 17.2. The summed E-state index contributed by atoms with van der Waals surface area (Å²) in [5, 5.41) is 0. The van der Waals surface area contributed by atoms with Crippen LogP contribution in [0.25, 0.3) is 0 Å². The third-order valence-electron chi connectivity index (χ3n) is 5.46. The van der Waals surface area contributed by atoms with Gasteiger partial charge >= 0.3 is 17.8 Å². The van der Waals surface area contributed by atoms with E-state index in [0.29, 0.717) is 28.9 Å². The van der Waals surface area contributed by atoms with E-state index < -0.39 is 24.4 Å². The molecular formula is C22H23N3O5. The van der Waals surface area contributed by atoms with E-state index in [1.165, 1.54) is 6.07 Å². The Morgan fingerprint density at radius 2 is 1.80 bits per heavy atom. The van der Waals surface area contributed by atoms with Crippen LogP contribution in [0.15, 0.2) is 30.3 Å². The van der Waals surface area contributed by atoms with Crippen molar-refractivity contribution in [1.29, 1.82) is 0 Å². The van der Waals surface area contributed by atoms with Crippen molar-refractivity contribution >= 4 is 29.3 Å². The number of urea groups is 1. The number of carbonyl (C=O) groups excluding carboxylic acids is 4. The number of amides is 4. The summed E-state index contributed by atoms with van der Waals surface area (Å²) < 4.78 is 7.60. The van der Waals surface area contributed by atoms with Gasteiger partial charge in [-0.25, -0.2) is 14.6 Å². The van der Waals surface area contributed by atoms with Gasteiger partial charge in [-0.05, 0) is 51.8 Å². The lowest BCUT2D eigenvalue weighted by atomic mass is 10.1. The zero-order chi connectivity index (χ0) is 21.6. The van der Waals surface area contributed by atoms with Crippen molar-refractivity contribution in [3.8, 4) is 5.75 Å². The van der Waals surface area contributed by atoms with Gasteiger partial charge in [0.2, 0.25) is 0 Å². The van der Waals surface area contributed by atoms with Gasteiger partial charge in [0.25, 0.3) is 0 Å². The number of Topliss-reactive ketones (excluding diaryl/α,β-unsaturated/α-hetero) is 1. The summed E-state index contributed by atoms with van der Waals surface area (Å²) in [6.45, 7) is 5.43. The smallest absolute Gasteiger partial charge is 0.339 e. The van der Waals surface area contributed by atoms with E-state index in [2.05, 4.69) is 4.57 Å². The van der Waals surface area contributed by atoms with Crippen molar-refractivity contribution in [2.45, 2.75) is 39.7 Å². The lowest BCUT2D eigenvalue weighted by molar-refractivity contribution is -0.139. The highest BCUT2D eigenvalue weighted by Crippen LogP contribution is 2.38. The number of imide groups is 2. The molecule has 30 heavy (non-hydrogen) atoms. The molecule has 2 aliphatic rings. The Balaban J connectivity index is 1.60. The molecule has 1 aliphatic carbocycles. The second-order valence-corrected chi connectivity index (χ2v) is 7.52. The zero-order valence-electron chi connectivity index (χ0n) is 17.2. The summed E-state index contributed by atoms with van der Waals surface area (Å²) in [5.74, 6) is -2.07. The minimum Gasteiger partial charge on any atom is -0.492 e. The maximum absolute atomic E-state index is 12.9. The van der Waals surface area contributed by atoms with Crippen molar-refractivity contribution in [2.24, 2.45) is 0 Å². The van der Waals surface area contributed by atoms with Crippen LogP contribution in [0.1, 0.15) is 47.6 Å². The Hall–Kier alpha value is -3.42. The number of hydrogen-bond acceptors (Lipinski definition) is 5. The van der Waals surface area contributed by atoms with Crippen LogP contribution in [0, 0.1) is 13.8 Å². The first kappa shape index (κ1) is 19.9. The fourth-order valence-corrected chi connectivity index (χ4v) is 3.96. The first-order chi connectivity index (χ1) is 14.3. The van der Waals surface area contributed by atoms with Crippen LogP contribution in [0.4, 0.5) is 10.5 Å². The summed E-state index contributed by atoms with van der Waals surface area (Å²) >= 11 is 0. The molecule has 4 amide bonds. The van der Waals surface area contributed by atoms with Gasteiger partial charge in [0.1, 0.15) is 5.75 Å². The molecule has 1 aromatic carbocycles. The molecule has 156 valence electrons. The van der Waals surface area contributed by atoms with Gasteiger partial charge in [0.05, 0.1) is 18.8 Å². The predicted molar refractivity (Wildman–Crippen MR) is 109 cm³/mol. The Morgan fingerprint density at radius 1 is 1.10 bits per heavy atom. The number of ketones is 1. The number of rotatable bonds is 7. The van der Waals surface area contributed by atoms with Crippen molar-refractivity contribution in [1.82, 2.24) is 9.47 Å². The molecule has 0 N–H and O–H groups in total. The third-order valence-corrected chi connectivity index (χ3v) is 5.46. The van der Waals surface area contributed by atoms with Gasteiger partial charge in [-0.15, -0.1) is 0 Å². The van der Waals surface area contributed by atoms with E-state index in [1.807, 2.05) is 13.8 Å². The SMILES string of the molecule is CCOc1ccccc1N1C(=O)C(=O)N(CC(=O)c2cc(C)n(C3CC3)c2C)C1=O. The first-order valence-corrected chi connectivity index (χ1v) is 9.98. The van der Waals surface area contributed by atoms with Crippen molar-refractivity contribution in [2.75, 3.05) is 18.1 Å². The highest BCUT2D eigenvalue weighted by atomic mass is 16.5. The van der Waals surface area contributed by atoms with Gasteiger partial charge in [0.15, 0.2) is 5.78 Å². The number of carbonyl (C=O) groups is 4. The number of aryl methyl sites for hydroxylation is 1. The van der Waals surface area contributed by atoms with Crippen LogP contribution in [-0.2, 0) is 9.59 Å². The highest BCUT2D eigenvalue weighted by molar-refractivity contribution is 6.53. The maximum Gasteiger partial charge on any atom is 0.339 e. The number of anilines is 1. The van der Waals surface area contributed by atoms with E-state index in [1.54, 1.807) is 31.2 Å². The minimum absolute atomic E-state index is 0.185. The van der Waals surface area contributed by atoms with Gasteiger partial charge < -0.3 is 9.30 Å². The number of para-hydroxylation sites is 2. The molecule has 1 aliphatic heterocycles. The number of hydrogen-bond donors (Lipinski definition) is 0. The number of ether oxygens (including phenoxy) is 1. The van der Waals surface area contributed by atoms with Gasteiger partial charge in [-0.3, -0.25) is 14.4 Å². The second kappa shape index (κ2) is 7.44. The molecule has 8 heteroatoms. The average molecular weight is 409 g/mol. The molecule has 0 spiro atoms. The summed E-state index contributed by atoms with van der Waals surface area (Å²) in [6, 6.07) is 7.84. The van der Waals surface area contributed by atoms with E-state index in [-0.39, 0.29) is 11.5 Å². The topological polar surface area (TPSA) is 88.9 Å². The highest BCUT2D eigenvalue weighted by Gasteiger charge is 2.47. The Bertz CT molecular complexity index is 1070. The standard InChI is InChI=1S/C22H23N3O5/c1-4-30-19-8-6-5-7-17(19)25-21(28)20(27)23(22(25)29)12-18(26)16-11-13(2)24(14(16)3)15-9-10-15/h5-8,11,15H,4,9-10,12H2,1-3H3. The minimum atomic E-state index is -1.02. The van der Waals surface area contributed by atoms with Crippen molar-refractivity contribution in [3.63, 3.8) is 0 Å². The van der Waals surface area contributed by atoms with Crippen LogP contribution in [0.3, 0.4) is 0 Å². The maximum atomic E-state index is 12.9. The van der Waals surface area contributed by atoms with Crippen LogP contribution in [0.5, 0.6) is 5.75 Å². The quantitative estimate of drug-likeness (QED) is 0.398. The van der Waals surface area contributed by atoms with Gasteiger partial charge in [0, 0.05) is 23.0 Å². The number of nitrogens with zero attached hydrogens (tertiary/aromatic N) is 3. The number of benzene rings is 1. The molecule has 0 unspecified atom stereocenters. The normalized spacial score (nSPS) is 16.6.